The maximum absolute atomic E-state index is 12.0. The van der Waals surface area contributed by atoms with E-state index in [0.29, 0.717) is 18.5 Å². The van der Waals surface area contributed by atoms with Crippen LogP contribution in [-0.4, -0.2) is 30.1 Å². The molecule has 1 amide bonds. The maximum atomic E-state index is 12.0. The fourth-order valence-corrected chi connectivity index (χ4v) is 2.27. The number of amides is 1. The Morgan fingerprint density at radius 1 is 1.04 bits per heavy atom. The van der Waals surface area contributed by atoms with Gasteiger partial charge in [-0.1, -0.05) is 6.42 Å². The molecule has 5 nitrogen and oxygen atoms in total. The van der Waals surface area contributed by atoms with E-state index in [2.05, 4.69) is 10.1 Å². The summed E-state index contributed by atoms with van der Waals surface area (Å²) in [5.74, 6) is -0.256. The molecule has 0 aliphatic carbocycles. The summed E-state index contributed by atoms with van der Waals surface area (Å²) in [4.78, 5) is 23.0. The number of carbonyl (C=O) groups excluding carboxylic acids is 2. The van der Waals surface area contributed by atoms with Crippen LogP contribution in [0, 0.1) is 0 Å². The number of rotatable bonds is 8. The summed E-state index contributed by atoms with van der Waals surface area (Å²) in [6.07, 6.45) is 6.89. The van der Waals surface area contributed by atoms with Gasteiger partial charge in [0.2, 0.25) is 0 Å². The lowest BCUT2D eigenvalue weighted by molar-refractivity contribution is -0.140. The SMILES string of the molecule is COC(=O)CCCCCNC(=O)c1ccc(-n2cccc2)cc1. The van der Waals surface area contributed by atoms with Crippen molar-refractivity contribution in [2.45, 2.75) is 25.7 Å². The van der Waals surface area contributed by atoms with Crippen molar-refractivity contribution in [3.63, 3.8) is 0 Å². The maximum Gasteiger partial charge on any atom is 0.305 e. The van der Waals surface area contributed by atoms with Gasteiger partial charge in [0.05, 0.1) is 7.11 Å². The lowest BCUT2D eigenvalue weighted by atomic mass is 10.1. The molecule has 23 heavy (non-hydrogen) atoms. The Morgan fingerprint density at radius 2 is 1.74 bits per heavy atom. The van der Waals surface area contributed by atoms with E-state index in [4.69, 9.17) is 0 Å². The molecule has 2 aromatic rings. The highest BCUT2D eigenvalue weighted by Gasteiger charge is 2.05. The molecule has 0 spiro atoms. The van der Waals surface area contributed by atoms with Crippen molar-refractivity contribution >= 4 is 11.9 Å². The summed E-state index contributed by atoms with van der Waals surface area (Å²) in [5, 5.41) is 2.89. The average Bonchev–Trinajstić information content (AvgIpc) is 3.12. The zero-order valence-electron chi connectivity index (χ0n) is 13.3. The Morgan fingerprint density at radius 3 is 2.39 bits per heavy atom. The molecule has 0 saturated carbocycles. The molecule has 1 N–H and O–H groups in total. The van der Waals surface area contributed by atoms with Crippen LogP contribution in [0.5, 0.6) is 0 Å². The molecule has 1 aromatic carbocycles. The minimum absolute atomic E-state index is 0.0722. The number of ether oxygens (including phenoxy) is 1. The number of carbonyl (C=O) groups is 2. The summed E-state index contributed by atoms with van der Waals surface area (Å²) >= 11 is 0. The molecule has 0 radical (unpaired) electrons. The number of esters is 1. The van der Waals surface area contributed by atoms with Crippen LogP contribution >= 0.6 is 0 Å². The molecular weight excluding hydrogens is 292 g/mol. The van der Waals surface area contributed by atoms with Crippen LogP contribution < -0.4 is 5.32 Å². The Labute approximate surface area is 136 Å². The van der Waals surface area contributed by atoms with Gasteiger partial charge in [-0.15, -0.1) is 0 Å². The van der Waals surface area contributed by atoms with Crippen LogP contribution in [0.25, 0.3) is 5.69 Å². The molecule has 0 aliphatic rings. The van der Waals surface area contributed by atoms with Gasteiger partial charge in [-0.25, -0.2) is 0 Å². The summed E-state index contributed by atoms with van der Waals surface area (Å²) in [6.45, 7) is 0.610. The van der Waals surface area contributed by atoms with Gasteiger partial charge in [-0.05, 0) is 49.2 Å². The molecule has 0 bridgehead atoms. The van der Waals surface area contributed by atoms with Crippen molar-refractivity contribution in [1.82, 2.24) is 9.88 Å². The van der Waals surface area contributed by atoms with E-state index in [1.54, 1.807) is 0 Å². The first-order chi connectivity index (χ1) is 11.2. The fraction of sp³-hybridized carbons (Fsp3) is 0.333. The third-order valence-corrected chi connectivity index (χ3v) is 3.60. The van der Waals surface area contributed by atoms with Gasteiger partial charge in [-0.3, -0.25) is 9.59 Å². The monoisotopic (exact) mass is 314 g/mol. The number of unbranched alkanes of at least 4 members (excludes halogenated alkanes) is 2. The highest BCUT2D eigenvalue weighted by molar-refractivity contribution is 5.94. The topological polar surface area (TPSA) is 60.3 Å². The van der Waals surface area contributed by atoms with Crippen LogP contribution in [0.3, 0.4) is 0 Å². The highest BCUT2D eigenvalue weighted by Crippen LogP contribution is 2.10. The first-order valence-corrected chi connectivity index (χ1v) is 7.79. The van der Waals surface area contributed by atoms with Crippen molar-refractivity contribution in [3.8, 4) is 5.69 Å². The molecule has 122 valence electrons. The zero-order chi connectivity index (χ0) is 16.5. The third-order valence-electron chi connectivity index (χ3n) is 3.60. The van der Waals surface area contributed by atoms with Crippen LogP contribution in [0.4, 0.5) is 0 Å². The Balaban J connectivity index is 1.70. The number of aromatic nitrogens is 1. The zero-order valence-corrected chi connectivity index (χ0v) is 13.3. The van der Waals surface area contributed by atoms with E-state index in [-0.39, 0.29) is 11.9 Å². The van der Waals surface area contributed by atoms with Crippen LogP contribution in [0.1, 0.15) is 36.0 Å². The Kier molecular flexibility index (Phi) is 6.41. The molecule has 0 aliphatic heterocycles. The second kappa shape index (κ2) is 8.78. The first kappa shape index (κ1) is 16.8. The number of hydrogen-bond donors (Lipinski definition) is 1. The summed E-state index contributed by atoms with van der Waals surface area (Å²) < 4.78 is 6.57. The van der Waals surface area contributed by atoms with Gasteiger partial charge < -0.3 is 14.6 Å². The number of methoxy groups -OCH3 is 1. The van der Waals surface area contributed by atoms with Crippen LogP contribution in [0.15, 0.2) is 48.8 Å². The molecule has 5 heteroatoms. The molecule has 1 aromatic heterocycles. The van der Waals surface area contributed by atoms with E-state index in [1.165, 1.54) is 7.11 Å². The minimum Gasteiger partial charge on any atom is -0.469 e. The van der Waals surface area contributed by atoms with Crippen molar-refractivity contribution in [3.05, 3.63) is 54.4 Å². The Bertz CT molecular complexity index is 618. The lowest BCUT2D eigenvalue weighted by Gasteiger charge is -2.07. The minimum atomic E-state index is -0.184. The predicted octanol–water partition coefficient (Wildman–Crippen LogP) is 2.94. The average molecular weight is 314 g/mol. The van der Waals surface area contributed by atoms with E-state index >= 15 is 0 Å². The number of hydrogen-bond acceptors (Lipinski definition) is 3. The fourth-order valence-electron chi connectivity index (χ4n) is 2.27. The summed E-state index contributed by atoms with van der Waals surface area (Å²) in [7, 11) is 1.39. The summed E-state index contributed by atoms with van der Waals surface area (Å²) in [6, 6.07) is 11.4. The molecule has 0 atom stereocenters. The molecule has 0 saturated heterocycles. The van der Waals surface area contributed by atoms with Gasteiger partial charge in [-0.2, -0.15) is 0 Å². The van der Waals surface area contributed by atoms with Crippen LogP contribution in [-0.2, 0) is 9.53 Å². The second-order valence-electron chi connectivity index (χ2n) is 5.28. The molecular formula is C18H22N2O3. The standard InChI is InChI=1S/C18H22N2O3/c1-23-17(21)7-3-2-4-12-19-18(22)15-8-10-16(11-9-15)20-13-5-6-14-20/h5-6,8-11,13-14H,2-4,7,12H2,1H3,(H,19,22). The molecule has 0 unspecified atom stereocenters. The van der Waals surface area contributed by atoms with Gasteiger partial charge in [0.1, 0.15) is 0 Å². The van der Waals surface area contributed by atoms with E-state index < -0.39 is 0 Å². The molecule has 0 fully saturated rings. The first-order valence-electron chi connectivity index (χ1n) is 7.79. The number of nitrogens with one attached hydrogen (secondary N) is 1. The van der Waals surface area contributed by atoms with Gasteiger partial charge in [0.15, 0.2) is 0 Å². The number of nitrogens with zero attached hydrogens (tertiary/aromatic N) is 1. The predicted molar refractivity (Wildman–Crippen MR) is 88.6 cm³/mol. The third kappa shape index (κ3) is 5.29. The van der Waals surface area contributed by atoms with Crippen molar-refractivity contribution < 1.29 is 14.3 Å². The lowest BCUT2D eigenvalue weighted by Crippen LogP contribution is -2.24. The van der Waals surface area contributed by atoms with E-state index in [1.807, 2.05) is 53.4 Å². The quantitative estimate of drug-likeness (QED) is 0.602. The van der Waals surface area contributed by atoms with E-state index in [0.717, 1.165) is 24.9 Å². The van der Waals surface area contributed by atoms with Gasteiger partial charge >= 0.3 is 5.97 Å². The van der Waals surface area contributed by atoms with Crippen LogP contribution in [0.2, 0.25) is 0 Å². The summed E-state index contributed by atoms with van der Waals surface area (Å²) in [5.41, 5.74) is 1.67. The second-order valence-corrected chi connectivity index (χ2v) is 5.28. The van der Waals surface area contributed by atoms with Gasteiger partial charge in [0, 0.05) is 36.6 Å². The largest absolute Gasteiger partial charge is 0.469 e. The highest BCUT2D eigenvalue weighted by atomic mass is 16.5. The van der Waals surface area contributed by atoms with Gasteiger partial charge in [0.25, 0.3) is 5.91 Å². The van der Waals surface area contributed by atoms with E-state index in [9.17, 15) is 9.59 Å². The Hall–Kier alpha value is -2.56. The van der Waals surface area contributed by atoms with Crippen molar-refractivity contribution in [1.29, 1.82) is 0 Å². The smallest absolute Gasteiger partial charge is 0.305 e. The van der Waals surface area contributed by atoms with Crippen molar-refractivity contribution in [2.24, 2.45) is 0 Å². The van der Waals surface area contributed by atoms with Crippen molar-refractivity contribution in [2.75, 3.05) is 13.7 Å². The molecule has 2 rings (SSSR count). The molecule has 1 heterocycles. The normalized spacial score (nSPS) is 10.3. The number of benzene rings is 1.